The Morgan fingerprint density at radius 3 is 2.20 bits per heavy atom. The Morgan fingerprint density at radius 2 is 1.60 bits per heavy atom. The summed E-state index contributed by atoms with van der Waals surface area (Å²) in [6, 6.07) is 20.4. The number of nitrogens with zero attached hydrogens (tertiary/aromatic N) is 2. The molecule has 0 saturated heterocycles. The monoisotopic (exact) mass is 402 g/mol. The van der Waals surface area contributed by atoms with E-state index in [1.807, 2.05) is 30.3 Å². The zero-order valence-electron chi connectivity index (χ0n) is 16.8. The van der Waals surface area contributed by atoms with Crippen molar-refractivity contribution in [3.05, 3.63) is 89.7 Å². The molecule has 0 N–H and O–H groups in total. The highest BCUT2D eigenvalue weighted by Crippen LogP contribution is 2.49. The number of benzene rings is 2. The molecule has 4 rings (SSSR count). The zero-order valence-corrected chi connectivity index (χ0v) is 16.8. The molecule has 1 aromatic heterocycles. The maximum atomic E-state index is 12.4. The Hall–Kier alpha value is -3.67. The molecule has 0 bridgehead atoms. The van der Waals surface area contributed by atoms with E-state index in [4.69, 9.17) is 14.3 Å². The van der Waals surface area contributed by atoms with Crippen molar-refractivity contribution in [3.63, 3.8) is 0 Å². The third-order valence-corrected chi connectivity index (χ3v) is 5.17. The first-order valence-corrected chi connectivity index (χ1v) is 9.68. The number of ether oxygens (including phenoxy) is 2. The van der Waals surface area contributed by atoms with Crippen molar-refractivity contribution >= 4 is 11.7 Å². The van der Waals surface area contributed by atoms with Gasteiger partial charge in [0.15, 0.2) is 0 Å². The fourth-order valence-electron chi connectivity index (χ4n) is 3.41. The molecule has 3 aromatic rings. The smallest absolute Gasteiger partial charge is 0.365 e. The third-order valence-electron chi connectivity index (χ3n) is 5.17. The Balaban J connectivity index is 1.54. The van der Waals surface area contributed by atoms with Gasteiger partial charge in [-0.25, -0.2) is 4.79 Å². The highest BCUT2D eigenvalue weighted by atomic mass is 16.7. The lowest BCUT2D eigenvalue weighted by atomic mass is 10.1. The van der Waals surface area contributed by atoms with Crippen LogP contribution in [0.2, 0.25) is 0 Å². The van der Waals surface area contributed by atoms with Crippen LogP contribution in [0.3, 0.4) is 0 Å². The lowest BCUT2D eigenvalue weighted by Gasteiger charge is -2.07. The molecule has 1 heterocycles. The Labute approximate surface area is 175 Å². The van der Waals surface area contributed by atoms with Crippen LogP contribution in [0.5, 0.6) is 11.5 Å². The summed E-state index contributed by atoms with van der Waals surface area (Å²) in [5.74, 6) is 1.41. The Morgan fingerprint density at radius 1 is 0.933 bits per heavy atom. The first-order valence-electron chi connectivity index (χ1n) is 9.68. The summed E-state index contributed by atoms with van der Waals surface area (Å²) < 4.78 is 10.4. The van der Waals surface area contributed by atoms with Crippen molar-refractivity contribution in [2.45, 2.75) is 12.3 Å². The van der Waals surface area contributed by atoms with Gasteiger partial charge in [0, 0.05) is 12.1 Å². The summed E-state index contributed by atoms with van der Waals surface area (Å²) in [6.45, 7) is 0. The fraction of sp³-hybridized carbons (Fsp3) is 0.208. The third kappa shape index (κ3) is 4.33. The van der Waals surface area contributed by atoms with Crippen LogP contribution in [0.15, 0.2) is 78.1 Å². The highest BCUT2D eigenvalue weighted by molar-refractivity contribution is 6.03. The maximum absolute atomic E-state index is 12.4. The van der Waals surface area contributed by atoms with E-state index >= 15 is 0 Å². The number of hydrogen-bond acceptors (Lipinski definition) is 6. The number of rotatable bonds is 7. The molecule has 0 spiro atoms. The molecule has 30 heavy (non-hydrogen) atoms. The normalized spacial score (nSPS) is 17.9. The Bertz CT molecular complexity index is 1030. The van der Waals surface area contributed by atoms with E-state index in [2.05, 4.69) is 22.3 Å². The molecule has 6 heteroatoms. The summed E-state index contributed by atoms with van der Waals surface area (Å²) in [7, 11) is 3.23. The fourth-order valence-corrected chi connectivity index (χ4v) is 3.41. The van der Waals surface area contributed by atoms with Gasteiger partial charge in [-0.05, 0) is 66.4 Å². The van der Waals surface area contributed by atoms with Gasteiger partial charge in [0.25, 0.3) is 0 Å². The molecule has 0 amide bonds. The second kappa shape index (κ2) is 8.78. The molecule has 6 nitrogen and oxygen atoms in total. The van der Waals surface area contributed by atoms with Crippen LogP contribution in [0, 0.1) is 5.92 Å². The van der Waals surface area contributed by atoms with Gasteiger partial charge in [-0.2, -0.15) is 0 Å². The molecule has 0 radical (unpaired) electrons. The van der Waals surface area contributed by atoms with Crippen LogP contribution in [0.1, 0.15) is 34.0 Å². The van der Waals surface area contributed by atoms with Gasteiger partial charge in [-0.15, -0.1) is 0 Å². The van der Waals surface area contributed by atoms with Gasteiger partial charge in [-0.1, -0.05) is 23.4 Å². The summed E-state index contributed by atoms with van der Waals surface area (Å²) in [6.07, 6.45) is 2.63. The first kappa shape index (κ1) is 19.6. The van der Waals surface area contributed by atoms with Crippen molar-refractivity contribution < 1.29 is 19.1 Å². The second-order valence-corrected chi connectivity index (χ2v) is 7.02. The van der Waals surface area contributed by atoms with Crippen LogP contribution in [0.25, 0.3) is 0 Å². The van der Waals surface area contributed by atoms with Crippen LogP contribution in [0.4, 0.5) is 0 Å². The molecule has 0 unspecified atom stereocenters. The summed E-state index contributed by atoms with van der Waals surface area (Å²) in [5.41, 5.74) is 2.99. The van der Waals surface area contributed by atoms with Crippen LogP contribution in [-0.4, -0.2) is 30.9 Å². The van der Waals surface area contributed by atoms with Crippen molar-refractivity contribution in [1.29, 1.82) is 0 Å². The molecular formula is C24H22N2O4. The standard InChI is InChI=1S/C24H22N2O4/c1-28-18-10-6-16(7-11-18)20-15-21(20)23(22-5-3-4-14-25-22)26-30-24(27)17-8-12-19(29-2)13-9-17/h3-14,20-21H,15H2,1-2H3/b26-23+/t20-,21+/m1/s1. The second-order valence-electron chi connectivity index (χ2n) is 7.02. The van der Waals surface area contributed by atoms with Crippen LogP contribution < -0.4 is 9.47 Å². The number of carbonyl (C=O) groups is 1. The molecule has 1 fully saturated rings. The molecule has 152 valence electrons. The number of methoxy groups -OCH3 is 2. The SMILES string of the molecule is COc1ccc(C(=O)O/N=C(/c2ccccn2)[C@H]2C[C@@H]2c2ccc(OC)cc2)cc1. The first-order chi connectivity index (χ1) is 14.7. The average Bonchev–Trinajstić information content (AvgIpc) is 3.60. The van der Waals surface area contributed by atoms with Crippen molar-refractivity contribution in [3.8, 4) is 11.5 Å². The van der Waals surface area contributed by atoms with E-state index in [1.54, 1.807) is 44.7 Å². The van der Waals surface area contributed by atoms with Gasteiger partial charge < -0.3 is 14.3 Å². The number of pyridine rings is 1. The summed E-state index contributed by atoms with van der Waals surface area (Å²) in [5, 5.41) is 4.23. The quantitative estimate of drug-likeness (QED) is 0.331. The van der Waals surface area contributed by atoms with Gasteiger partial charge in [-0.3, -0.25) is 4.98 Å². The van der Waals surface area contributed by atoms with Crippen molar-refractivity contribution in [1.82, 2.24) is 4.98 Å². The van der Waals surface area contributed by atoms with E-state index in [9.17, 15) is 4.79 Å². The molecule has 1 aliphatic carbocycles. The van der Waals surface area contributed by atoms with Crippen molar-refractivity contribution in [2.75, 3.05) is 14.2 Å². The molecule has 1 saturated carbocycles. The topological polar surface area (TPSA) is 70.0 Å². The predicted molar refractivity (Wildman–Crippen MR) is 113 cm³/mol. The number of carbonyl (C=O) groups excluding carboxylic acids is 1. The van der Waals surface area contributed by atoms with E-state index in [0.29, 0.717) is 28.6 Å². The van der Waals surface area contributed by atoms with Gasteiger partial charge in [0.2, 0.25) is 0 Å². The van der Waals surface area contributed by atoms with Gasteiger partial charge in [0.1, 0.15) is 17.2 Å². The molecule has 2 atom stereocenters. The van der Waals surface area contributed by atoms with Crippen molar-refractivity contribution in [2.24, 2.45) is 11.1 Å². The minimum Gasteiger partial charge on any atom is -0.497 e. The van der Waals surface area contributed by atoms with E-state index < -0.39 is 5.97 Å². The minimum absolute atomic E-state index is 0.136. The molecule has 1 aliphatic rings. The highest BCUT2D eigenvalue weighted by Gasteiger charge is 2.43. The van der Waals surface area contributed by atoms with Crippen LogP contribution >= 0.6 is 0 Å². The van der Waals surface area contributed by atoms with E-state index in [1.165, 1.54) is 5.56 Å². The van der Waals surface area contributed by atoms with Crippen LogP contribution in [-0.2, 0) is 4.84 Å². The lowest BCUT2D eigenvalue weighted by molar-refractivity contribution is 0.0515. The van der Waals surface area contributed by atoms with Gasteiger partial charge >= 0.3 is 5.97 Å². The molecule has 2 aromatic carbocycles. The zero-order chi connectivity index (χ0) is 20.9. The minimum atomic E-state index is -0.521. The Kier molecular flexibility index (Phi) is 5.75. The molecular weight excluding hydrogens is 380 g/mol. The average molecular weight is 402 g/mol. The predicted octanol–water partition coefficient (Wildman–Crippen LogP) is 4.46. The van der Waals surface area contributed by atoms with E-state index in [0.717, 1.165) is 12.2 Å². The number of oxime groups is 1. The molecule has 0 aliphatic heterocycles. The summed E-state index contributed by atoms with van der Waals surface area (Å²) >= 11 is 0. The van der Waals surface area contributed by atoms with E-state index in [-0.39, 0.29) is 5.92 Å². The number of hydrogen-bond donors (Lipinski definition) is 0. The largest absolute Gasteiger partial charge is 0.497 e. The lowest BCUT2D eigenvalue weighted by Crippen LogP contribution is -2.11. The maximum Gasteiger partial charge on any atom is 0.365 e. The number of aromatic nitrogens is 1. The van der Waals surface area contributed by atoms with Gasteiger partial charge in [0.05, 0.1) is 25.5 Å². The summed E-state index contributed by atoms with van der Waals surface area (Å²) in [4.78, 5) is 22.1.